The highest BCUT2D eigenvalue weighted by Gasteiger charge is 2.30. The fourth-order valence-electron chi connectivity index (χ4n) is 1.54. The molecule has 0 atom stereocenters. The van der Waals surface area contributed by atoms with Crippen molar-refractivity contribution in [2.24, 2.45) is 0 Å². The van der Waals surface area contributed by atoms with E-state index in [2.05, 4.69) is 0 Å². The monoisotopic (exact) mass is 332 g/mol. The first-order valence-corrected chi connectivity index (χ1v) is 7.12. The number of carboxylic acids is 1. The van der Waals surface area contributed by atoms with Gasteiger partial charge in [-0.25, -0.2) is 22.0 Å². The van der Waals surface area contributed by atoms with E-state index in [9.17, 15) is 35.2 Å². The lowest BCUT2D eigenvalue weighted by Crippen LogP contribution is -2.16. The average Bonchev–Trinajstić information content (AvgIpc) is 2.25. The third-order valence-electron chi connectivity index (χ3n) is 2.48. The second-order valence-electron chi connectivity index (χ2n) is 4.08. The van der Waals surface area contributed by atoms with E-state index in [4.69, 9.17) is 5.11 Å². The maximum atomic E-state index is 13.7. The molecule has 1 aromatic carbocycles. The zero-order valence-electron chi connectivity index (χ0n) is 10.2. The van der Waals surface area contributed by atoms with Gasteiger partial charge in [-0.1, -0.05) is 0 Å². The molecule has 0 aliphatic carbocycles. The zero-order valence-corrected chi connectivity index (χ0v) is 11.1. The number of carbonyl (C=O) groups is 1. The lowest BCUT2D eigenvalue weighted by atomic mass is 10.2. The summed E-state index contributed by atoms with van der Waals surface area (Å²) < 4.78 is 86.1. The van der Waals surface area contributed by atoms with Gasteiger partial charge >= 0.3 is 12.1 Å². The number of aromatic carboxylic acids is 1. The third kappa shape index (κ3) is 4.38. The van der Waals surface area contributed by atoms with E-state index in [-0.39, 0.29) is 0 Å². The van der Waals surface area contributed by atoms with Gasteiger partial charge in [-0.2, -0.15) is 13.2 Å². The molecule has 0 bridgehead atoms. The Balaban J connectivity index is 3.10. The van der Waals surface area contributed by atoms with Crippen LogP contribution in [0.5, 0.6) is 0 Å². The first kappa shape index (κ1) is 17.3. The van der Waals surface area contributed by atoms with Gasteiger partial charge in [0.15, 0.2) is 15.7 Å². The molecule has 0 saturated carbocycles. The standard InChI is InChI=1S/C11H9F5O4S/c12-6-2-3-7(9(13)8(6)10(17)18)21(19,20)5-1-4-11(14,15)16/h2-3H,1,4-5H2,(H,17,18). The number of hydrogen-bond donors (Lipinski definition) is 1. The van der Waals surface area contributed by atoms with Crippen LogP contribution in [0, 0.1) is 11.6 Å². The van der Waals surface area contributed by atoms with Crippen LogP contribution in [0.2, 0.25) is 0 Å². The summed E-state index contributed by atoms with van der Waals surface area (Å²) in [5.41, 5.74) is -1.47. The third-order valence-corrected chi connectivity index (χ3v) is 4.29. The van der Waals surface area contributed by atoms with Crippen LogP contribution in [0.1, 0.15) is 23.2 Å². The van der Waals surface area contributed by atoms with E-state index in [1.807, 2.05) is 0 Å². The van der Waals surface area contributed by atoms with Crippen molar-refractivity contribution in [3.8, 4) is 0 Å². The molecule has 1 aromatic rings. The summed E-state index contributed by atoms with van der Waals surface area (Å²) in [6.45, 7) is 0. The van der Waals surface area contributed by atoms with Crippen LogP contribution in [0.25, 0.3) is 0 Å². The number of alkyl halides is 3. The number of carboxylic acid groups (broad SMARTS) is 1. The number of halogens is 5. The molecule has 1 N–H and O–H groups in total. The summed E-state index contributed by atoms with van der Waals surface area (Å²) >= 11 is 0. The normalized spacial score (nSPS) is 12.4. The van der Waals surface area contributed by atoms with Crippen LogP contribution < -0.4 is 0 Å². The van der Waals surface area contributed by atoms with Gasteiger partial charge in [0.05, 0.1) is 5.75 Å². The number of hydrogen-bond acceptors (Lipinski definition) is 3. The summed E-state index contributed by atoms with van der Waals surface area (Å²) in [7, 11) is -4.49. The Bertz CT molecular complexity index is 651. The maximum Gasteiger partial charge on any atom is 0.389 e. The summed E-state index contributed by atoms with van der Waals surface area (Å²) in [5, 5.41) is 8.60. The van der Waals surface area contributed by atoms with Gasteiger partial charge in [-0.05, 0) is 18.6 Å². The van der Waals surface area contributed by atoms with E-state index in [1.165, 1.54) is 0 Å². The van der Waals surface area contributed by atoms with Crippen molar-refractivity contribution < 1.29 is 40.3 Å². The Morgan fingerprint density at radius 3 is 2.24 bits per heavy atom. The smallest absolute Gasteiger partial charge is 0.389 e. The Kier molecular flexibility index (Phi) is 4.92. The predicted octanol–water partition coefficient (Wildman–Crippen LogP) is 2.78. The second kappa shape index (κ2) is 5.96. The minimum Gasteiger partial charge on any atom is -0.477 e. The van der Waals surface area contributed by atoms with Crippen LogP contribution in [0.15, 0.2) is 17.0 Å². The number of benzene rings is 1. The molecule has 0 amide bonds. The Labute approximate surface area is 116 Å². The fourth-order valence-corrected chi connectivity index (χ4v) is 2.94. The second-order valence-corrected chi connectivity index (χ2v) is 6.15. The quantitative estimate of drug-likeness (QED) is 0.665. The topological polar surface area (TPSA) is 71.4 Å². The molecule has 0 aromatic heterocycles. The van der Waals surface area contributed by atoms with E-state index in [1.54, 1.807) is 0 Å². The minimum absolute atomic E-state index is 0.434. The Morgan fingerprint density at radius 2 is 1.76 bits per heavy atom. The molecule has 0 aliphatic heterocycles. The molecule has 0 radical (unpaired) electrons. The van der Waals surface area contributed by atoms with Gasteiger partial charge in [-0.3, -0.25) is 0 Å². The molecule has 118 valence electrons. The molecule has 4 nitrogen and oxygen atoms in total. The molecule has 0 unspecified atom stereocenters. The van der Waals surface area contributed by atoms with E-state index in [0.717, 1.165) is 0 Å². The van der Waals surface area contributed by atoms with Crippen LogP contribution in [-0.4, -0.2) is 31.4 Å². The molecular weight excluding hydrogens is 323 g/mol. The molecule has 0 heterocycles. The van der Waals surface area contributed by atoms with Crippen molar-refractivity contribution >= 4 is 15.8 Å². The van der Waals surface area contributed by atoms with Crippen LogP contribution in [0.3, 0.4) is 0 Å². The molecule has 0 aliphatic rings. The van der Waals surface area contributed by atoms with E-state index in [0.29, 0.717) is 12.1 Å². The molecule has 0 spiro atoms. The van der Waals surface area contributed by atoms with Gasteiger partial charge in [0, 0.05) is 6.42 Å². The van der Waals surface area contributed by atoms with Crippen molar-refractivity contribution in [3.63, 3.8) is 0 Å². The van der Waals surface area contributed by atoms with Crippen molar-refractivity contribution in [1.82, 2.24) is 0 Å². The number of rotatable bonds is 5. The summed E-state index contributed by atoms with van der Waals surface area (Å²) in [6, 6.07) is 0.920. The fraction of sp³-hybridized carbons (Fsp3) is 0.364. The van der Waals surface area contributed by atoms with Gasteiger partial charge in [0.25, 0.3) is 0 Å². The van der Waals surface area contributed by atoms with Crippen LogP contribution >= 0.6 is 0 Å². The summed E-state index contributed by atoms with van der Waals surface area (Å²) in [5.74, 6) is -6.35. The average molecular weight is 332 g/mol. The zero-order chi connectivity index (χ0) is 16.4. The molecule has 0 saturated heterocycles. The van der Waals surface area contributed by atoms with Crippen molar-refractivity contribution in [3.05, 3.63) is 29.3 Å². The Morgan fingerprint density at radius 1 is 1.19 bits per heavy atom. The van der Waals surface area contributed by atoms with E-state index >= 15 is 0 Å². The van der Waals surface area contributed by atoms with Gasteiger partial charge < -0.3 is 5.11 Å². The van der Waals surface area contributed by atoms with Gasteiger partial charge in [0.2, 0.25) is 0 Å². The predicted molar refractivity (Wildman–Crippen MR) is 60.7 cm³/mol. The lowest BCUT2D eigenvalue weighted by Gasteiger charge is -2.09. The maximum absolute atomic E-state index is 13.7. The first-order chi connectivity index (χ1) is 9.46. The molecule has 1 rings (SSSR count). The van der Waals surface area contributed by atoms with Crippen LogP contribution in [-0.2, 0) is 9.84 Å². The van der Waals surface area contributed by atoms with E-state index < -0.39 is 62.7 Å². The van der Waals surface area contributed by atoms with Crippen molar-refractivity contribution in [2.45, 2.75) is 23.9 Å². The largest absolute Gasteiger partial charge is 0.477 e. The molecule has 0 fully saturated rings. The minimum atomic E-state index is -4.57. The van der Waals surface area contributed by atoms with Crippen LogP contribution in [0.4, 0.5) is 22.0 Å². The van der Waals surface area contributed by atoms with Gasteiger partial charge in [-0.15, -0.1) is 0 Å². The number of sulfone groups is 1. The summed E-state index contributed by atoms with van der Waals surface area (Å²) in [6.07, 6.45) is -6.77. The highest BCUT2D eigenvalue weighted by Crippen LogP contribution is 2.25. The highest BCUT2D eigenvalue weighted by molar-refractivity contribution is 7.91. The SMILES string of the molecule is O=C(O)c1c(F)ccc(S(=O)(=O)CCCC(F)(F)F)c1F. The van der Waals surface area contributed by atoms with Crippen molar-refractivity contribution in [1.29, 1.82) is 0 Å². The van der Waals surface area contributed by atoms with Crippen molar-refractivity contribution in [2.75, 3.05) is 5.75 Å². The highest BCUT2D eigenvalue weighted by atomic mass is 32.2. The Hall–Kier alpha value is -1.71. The molecule has 10 heteroatoms. The first-order valence-electron chi connectivity index (χ1n) is 5.46. The molecule has 21 heavy (non-hydrogen) atoms. The van der Waals surface area contributed by atoms with Gasteiger partial charge in [0.1, 0.15) is 16.3 Å². The molecular formula is C11H9F5O4S. The summed E-state index contributed by atoms with van der Waals surface area (Å²) in [4.78, 5) is 9.51. The lowest BCUT2D eigenvalue weighted by molar-refractivity contribution is -0.134.